The van der Waals surface area contributed by atoms with Crippen LogP contribution in [0.3, 0.4) is 0 Å². The van der Waals surface area contributed by atoms with Crippen molar-refractivity contribution < 1.29 is 37.2 Å². The average Bonchev–Trinajstić information content (AvgIpc) is 3.06. The minimum absolute atomic E-state index is 0.000494. The fourth-order valence-electron chi connectivity index (χ4n) is 5.29. The second kappa shape index (κ2) is 8.43. The van der Waals surface area contributed by atoms with Gasteiger partial charge in [0.1, 0.15) is 17.9 Å². The highest BCUT2D eigenvalue weighted by Gasteiger charge is 2.52. The lowest BCUT2D eigenvalue weighted by Crippen LogP contribution is -2.53. The van der Waals surface area contributed by atoms with E-state index in [0.29, 0.717) is 11.0 Å². The van der Waals surface area contributed by atoms with E-state index in [1.165, 1.54) is 33.4 Å². The molecule has 0 fully saturated rings. The van der Waals surface area contributed by atoms with Crippen LogP contribution in [0.15, 0.2) is 41.2 Å². The number of urea groups is 1. The summed E-state index contributed by atoms with van der Waals surface area (Å²) in [5.41, 5.74) is 0.294. The van der Waals surface area contributed by atoms with Gasteiger partial charge in [-0.2, -0.15) is 27.4 Å². The third-order valence-corrected chi connectivity index (χ3v) is 7.11. The van der Waals surface area contributed by atoms with Gasteiger partial charge in [-0.3, -0.25) is 13.9 Å². The monoisotopic (exact) mass is 515 g/mol. The molecule has 0 spiro atoms. The van der Waals surface area contributed by atoms with E-state index < -0.39 is 41.6 Å². The highest BCUT2D eigenvalue weighted by molar-refractivity contribution is 6.16. The van der Waals surface area contributed by atoms with E-state index in [-0.39, 0.29) is 41.8 Å². The second-order valence-corrected chi connectivity index (χ2v) is 9.18. The first kappa shape index (κ1) is 24.5. The van der Waals surface area contributed by atoms with Crippen molar-refractivity contribution in [2.75, 3.05) is 0 Å². The number of halogens is 3. The molecule has 3 aromatic rings. The number of hydrogen-bond donors (Lipinski definition) is 1. The van der Waals surface area contributed by atoms with Gasteiger partial charge in [-0.05, 0) is 43.0 Å². The summed E-state index contributed by atoms with van der Waals surface area (Å²) in [5.74, 6) is -4.25. The Balaban J connectivity index is 1.65. The summed E-state index contributed by atoms with van der Waals surface area (Å²) >= 11 is 0. The molecular formula is C25H22F3N4O5+. The van der Waals surface area contributed by atoms with Gasteiger partial charge in [-0.15, -0.1) is 0 Å². The quantitative estimate of drug-likeness (QED) is 0.426. The molecule has 0 saturated carbocycles. The fraction of sp³-hybridized carbons (Fsp3) is 0.320. The lowest BCUT2D eigenvalue weighted by atomic mass is 9.83. The zero-order valence-electron chi connectivity index (χ0n) is 19.8. The van der Waals surface area contributed by atoms with Crippen molar-refractivity contribution in [1.29, 1.82) is 0 Å². The molecule has 1 unspecified atom stereocenters. The number of carboxylic acids is 1. The highest BCUT2D eigenvalue weighted by Crippen LogP contribution is 2.42. The van der Waals surface area contributed by atoms with Crippen molar-refractivity contribution in [2.24, 2.45) is 20.0 Å². The summed E-state index contributed by atoms with van der Waals surface area (Å²) < 4.78 is 44.8. The van der Waals surface area contributed by atoms with Crippen LogP contribution in [-0.4, -0.2) is 47.8 Å². The van der Waals surface area contributed by atoms with Crippen LogP contribution in [0.25, 0.3) is 11.0 Å². The number of alkyl halides is 3. The largest absolute Gasteiger partial charge is 0.506 e. The third-order valence-electron chi connectivity index (χ3n) is 7.11. The standard InChI is InChI=1S/C25H21F3N4O5/c1-29-19-10-9-13(11-20(19)30(2)23(29)36)31-12-16(22(34)35)21(33)32(24(31)37)18-8-4-5-14-15(18)6-3-7-17(14)25(26,27)28/h3,6-7,9-12,16,18H,4-5,8H2,1-2H3/p+1/t16?,18-/m0/s1. The van der Waals surface area contributed by atoms with Crippen LogP contribution in [0.1, 0.15) is 35.6 Å². The Morgan fingerprint density at radius 1 is 1.05 bits per heavy atom. The van der Waals surface area contributed by atoms with Crippen molar-refractivity contribution in [1.82, 2.24) is 14.0 Å². The average molecular weight is 515 g/mol. The van der Waals surface area contributed by atoms with Crippen molar-refractivity contribution >= 4 is 40.8 Å². The summed E-state index contributed by atoms with van der Waals surface area (Å²) in [5, 5.41) is 9.76. The van der Waals surface area contributed by atoms with E-state index in [2.05, 4.69) is 0 Å². The van der Waals surface area contributed by atoms with Gasteiger partial charge in [0.05, 0.1) is 16.6 Å². The number of imide groups is 1. The number of aromatic nitrogens is 2. The second-order valence-electron chi connectivity index (χ2n) is 9.18. The SMILES string of the molecule is Cn1c(=O)n(C)c2cc([N+]3=CC(C(=O)O)C(=O)N([C@H]4CCCc5c4cccc5C(F)(F)F)C3=O)ccc21. The molecule has 192 valence electrons. The number of nitrogens with zero attached hydrogens (tertiary/aromatic N) is 4. The number of carboxylic acid groups (broad SMARTS) is 1. The molecule has 0 radical (unpaired) electrons. The van der Waals surface area contributed by atoms with E-state index in [1.807, 2.05) is 0 Å². The molecule has 5 rings (SSSR count). The normalized spacial score (nSPS) is 20.2. The molecule has 12 heteroatoms. The zero-order valence-corrected chi connectivity index (χ0v) is 19.8. The van der Waals surface area contributed by atoms with Crippen molar-refractivity contribution in [3.63, 3.8) is 0 Å². The third kappa shape index (κ3) is 3.74. The van der Waals surface area contributed by atoms with Crippen LogP contribution in [-0.2, 0) is 36.3 Å². The number of rotatable bonds is 3. The minimum Gasteiger partial charge on any atom is -0.480 e. The molecule has 3 amide bonds. The molecule has 2 heterocycles. The van der Waals surface area contributed by atoms with E-state index in [4.69, 9.17) is 0 Å². The van der Waals surface area contributed by atoms with Crippen molar-refractivity contribution in [2.45, 2.75) is 31.5 Å². The Morgan fingerprint density at radius 3 is 2.43 bits per heavy atom. The smallest absolute Gasteiger partial charge is 0.480 e. The Hall–Kier alpha value is -4.22. The van der Waals surface area contributed by atoms with Gasteiger partial charge in [0.25, 0.3) is 0 Å². The molecule has 9 nitrogen and oxygen atoms in total. The lowest BCUT2D eigenvalue weighted by Gasteiger charge is -2.32. The lowest BCUT2D eigenvalue weighted by molar-refractivity contribution is -0.345. The maximum absolute atomic E-state index is 13.7. The van der Waals surface area contributed by atoms with Crippen LogP contribution in [0.4, 0.5) is 23.7 Å². The number of aliphatic carboxylic acids is 1. The first-order valence-electron chi connectivity index (χ1n) is 11.5. The predicted octanol–water partition coefficient (Wildman–Crippen LogP) is 3.35. The van der Waals surface area contributed by atoms with Gasteiger partial charge in [0.2, 0.25) is 5.92 Å². The predicted molar refractivity (Wildman–Crippen MR) is 125 cm³/mol. The first-order valence-corrected chi connectivity index (χ1v) is 11.5. The topological polar surface area (TPSA) is 105 Å². The number of imidazole rings is 1. The summed E-state index contributed by atoms with van der Waals surface area (Å²) in [6.07, 6.45) is -3.04. The fourth-order valence-corrected chi connectivity index (χ4v) is 5.29. The van der Waals surface area contributed by atoms with Gasteiger partial charge in [-0.1, -0.05) is 12.1 Å². The van der Waals surface area contributed by atoms with Crippen LogP contribution in [0, 0.1) is 5.92 Å². The number of fused-ring (bicyclic) bond motifs is 2. The maximum Gasteiger partial charge on any atom is 0.506 e. The summed E-state index contributed by atoms with van der Waals surface area (Å²) in [6, 6.07) is 6.32. The van der Waals surface area contributed by atoms with Gasteiger partial charge < -0.3 is 5.11 Å². The molecule has 1 aromatic heterocycles. The van der Waals surface area contributed by atoms with Crippen molar-refractivity contribution in [3.05, 3.63) is 63.6 Å². The van der Waals surface area contributed by atoms with Crippen LogP contribution >= 0.6 is 0 Å². The van der Waals surface area contributed by atoms with Gasteiger partial charge >= 0.3 is 29.8 Å². The van der Waals surface area contributed by atoms with Gasteiger partial charge in [-0.25, -0.2) is 9.59 Å². The maximum atomic E-state index is 13.7. The Labute approximate surface area is 207 Å². The first-order chi connectivity index (χ1) is 17.4. The van der Waals surface area contributed by atoms with Gasteiger partial charge in [0, 0.05) is 25.7 Å². The molecular weight excluding hydrogens is 493 g/mol. The Morgan fingerprint density at radius 2 is 1.76 bits per heavy atom. The molecule has 37 heavy (non-hydrogen) atoms. The van der Waals surface area contributed by atoms with Crippen LogP contribution in [0.5, 0.6) is 0 Å². The molecule has 0 bridgehead atoms. The van der Waals surface area contributed by atoms with E-state index in [1.54, 1.807) is 20.2 Å². The van der Waals surface area contributed by atoms with E-state index >= 15 is 0 Å². The number of aryl methyl sites for hydroxylation is 2. The Bertz CT molecular complexity index is 1580. The molecule has 2 atom stereocenters. The van der Waals surface area contributed by atoms with E-state index in [9.17, 15) is 37.5 Å². The number of carbonyl (C=O) groups is 3. The van der Waals surface area contributed by atoms with Crippen LogP contribution in [0.2, 0.25) is 0 Å². The zero-order chi connectivity index (χ0) is 26.8. The highest BCUT2D eigenvalue weighted by atomic mass is 19.4. The molecule has 2 aliphatic rings. The molecule has 0 saturated heterocycles. The molecule has 1 N–H and O–H groups in total. The van der Waals surface area contributed by atoms with Crippen molar-refractivity contribution in [3.8, 4) is 0 Å². The number of carbonyl (C=O) groups excluding carboxylic acids is 2. The summed E-state index contributed by atoms with van der Waals surface area (Å²) in [6.45, 7) is 0. The molecule has 2 aromatic carbocycles. The molecule has 1 aliphatic carbocycles. The summed E-state index contributed by atoms with van der Waals surface area (Å²) in [7, 11) is 3.13. The van der Waals surface area contributed by atoms with E-state index in [0.717, 1.165) is 21.8 Å². The summed E-state index contributed by atoms with van der Waals surface area (Å²) in [4.78, 5) is 52.1. The minimum atomic E-state index is -4.62. The number of benzene rings is 2. The molecule has 1 aliphatic heterocycles. The Kier molecular flexibility index (Phi) is 5.57. The van der Waals surface area contributed by atoms with Crippen LogP contribution < -0.4 is 5.69 Å². The number of amides is 3. The number of hydrogen-bond acceptors (Lipinski definition) is 4. The van der Waals surface area contributed by atoms with Gasteiger partial charge in [0.15, 0.2) is 0 Å².